The van der Waals surface area contributed by atoms with E-state index in [1.807, 2.05) is 30.3 Å². The van der Waals surface area contributed by atoms with Gasteiger partial charge in [-0.2, -0.15) is 5.10 Å². The molecule has 1 aliphatic rings. The molecule has 1 heterocycles. The number of halogens is 1. The minimum atomic E-state index is -0.563. The molecular weight excluding hydrogens is 385 g/mol. The molecule has 0 radical (unpaired) electrons. The molecule has 0 aliphatic heterocycles. The van der Waals surface area contributed by atoms with E-state index in [2.05, 4.69) is 10.4 Å². The van der Waals surface area contributed by atoms with Gasteiger partial charge in [0, 0.05) is 6.04 Å². The van der Waals surface area contributed by atoms with Crippen molar-refractivity contribution in [2.75, 3.05) is 6.61 Å². The van der Waals surface area contributed by atoms with Gasteiger partial charge in [-0.25, -0.2) is 9.07 Å². The number of benzene rings is 2. The largest absolute Gasteiger partial charge is 0.483 e. The van der Waals surface area contributed by atoms with Crippen LogP contribution < -0.4 is 10.1 Å². The normalized spacial score (nSPS) is 13.9. The van der Waals surface area contributed by atoms with Crippen LogP contribution in [0.15, 0.2) is 60.8 Å². The summed E-state index contributed by atoms with van der Waals surface area (Å²) in [5, 5.41) is 7.14. The predicted molar refractivity (Wildman–Crippen MR) is 109 cm³/mol. The van der Waals surface area contributed by atoms with Crippen LogP contribution in [0.5, 0.6) is 5.75 Å². The van der Waals surface area contributed by atoms with Crippen molar-refractivity contribution in [2.24, 2.45) is 0 Å². The first-order valence-electron chi connectivity index (χ1n) is 9.97. The highest BCUT2D eigenvalue weighted by atomic mass is 19.1. The molecule has 0 atom stereocenters. The Hall–Kier alpha value is -3.48. The molecule has 154 valence electrons. The maximum Gasteiger partial charge on any atom is 0.258 e. The van der Waals surface area contributed by atoms with Gasteiger partial charge in [-0.1, -0.05) is 31.0 Å². The van der Waals surface area contributed by atoms with Crippen LogP contribution in [0.4, 0.5) is 4.39 Å². The number of nitrogens with one attached hydrogen (secondary N) is 1. The highest BCUT2D eigenvalue weighted by molar-refractivity contribution is 6.10. The van der Waals surface area contributed by atoms with Crippen LogP contribution in [0.25, 0.3) is 5.69 Å². The molecule has 0 saturated heterocycles. The lowest BCUT2D eigenvalue weighted by molar-refractivity contribution is -0.123. The zero-order valence-electron chi connectivity index (χ0n) is 16.4. The van der Waals surface area contributed by atoms with Gasteiger partial charge in [-0.3, -0.25) is 9.59 Å². The van der Waals surface area contributed by atoms with Crippen molar-refractivity contribution >= 4 is 11.7 Å². The SMILES string of the molecule is O=C(COc1ccc(F)cc1C(=O)c1ccnn1-c1ccccc1)NC1CCCC1. The molecular formula is C23H22FN3O3. The molecule has 1 fully saturated rings. The highest BCUT2D eigenvalue weighted by Crippen LogP contribution is 2.24. The Morgan fingerprint density at radius 2 is 1.87 bits per heavy atom. The second-order valence-corrected chi connectivity index (χ2v) is 7.27. The van der Waals surface area contributed by atoms with E-state index in [1.54, 1.807) is 6.07 Å². The predicted octanol–water partition coefficient (Wildman–Crippen LogP) is 3.68. The molecule has 0 bridgehead atoms. The number of ether oxygens (including phenoxy) is 1. The topological polar surface area (TPSA) is 73.2 Å². The lowest BCUT2D eigenvalue weighted by Gasteiger charge is -2.14. The smallest absolute Gasteiger partial charge is 0.258 e. The number of para-hydroxylation sites is 1. The fourth-order valence-corrected chi connectivity index (χ4v) is 3.68. The standard InChI is InChI=1S/C23H22FN3O3/c24-16-10-11-21(30-15-22(28)26-17-6-4-5-7-17)19(14-16)23(29)20-12-13-25-27(20)18-8-2-1-3-9-18/h1-3,8-14,17H,4-7,15H2,(H,26,28). The van der Waals surface area contributed by atoms with Gasteiger partial charge in [0.1, 0.15) is 17.3 Å². The van der Waals surface area contributed by atoms with Crippen molar-refractivity contribution in [2.45, 2.75) is 31.7 Å². The van der Waals surface area contributed by atoms with Crippen molar-refractivity contribution in [3.8, 4) is 11.4 Å². The number of carbonyl (C=O) groups is 2. The summed E-state index contributed by atoms with van der Waals surface area (Å²) in [6.07, 6.45) is 5.66. The van der Waals surface area contributed by atoms with Crippen molar-refractivity contribution < 1.29 is 18.7 Å². The summed E-state index contributed by atoms with van der Waals surface area (Å²) in [7, 11) is 0. The summed E-state index contributed by atoms with van der Waals surface area (Å²) < 4.78 is 21.0. The Morgan fingerprint density at radius 1 is 1.10 bits per heavy atom. The minimum Gasteiger partial charge on any atom is -0.483 e. The summed E-state index contributed by atoms with van der Waals surface area (Å²) in [4.78, 5) is 25.4. The van der Waals surface area contributed by atoms with Crippen LogP contribution in [0.2, 0.25) is 0 Å². The van der Waals surface area contributed by atoms with Crippen LogP contribution in [-0.4, -0.2) is 34.1 Å². The number of nitrogens with zero attached hydrogens (tertiary/aromatic N) is 2. The molecule has 1 N–H and O–H groups in total. The quantitative estimate of drug-likeness (QED) is 0.607. The molecule has 1 saturated carbocycles. The number of hydrogen-bond acceptors (Lipinski definition) is 4. The van der Waals surface area contributed by atoms with E-state index in [-0.39, 0.29) is 35.6 Å². The fourth-order valence-electron chi connectivity index (χ4n) is 3.68. The molecule has 4 rings (SSSR count). The molecule has 1 amide bonds. The van der Waals surface area contributed by atoms with Gasteiger partial charge in [0.2, 0.25) is 5.78 Å². The van der Waals surface area contributed by atoms with Crippen molar-refractivity contribution in [1.29, 1.82) is 0 Å². The maximum absolute atomic E-state index is 13.9. The molecule has 30 heavy (non-hydrogen) atoms. The molecule has 0 spiro atoms. The Morgan fingerprint density at radius 3 is 2.63 bits per heavy atom. The van der Waals surface area contributed by atoms with Crippen molar-refractivity contribution in [3.05, 3.63) is 77.9 Å². The second-order valence-electron chi connectivity index (χ2n) is 7.27. The number of carbonyl (C=O) groups excluding carboxylic acids is 2. The van der Waals surface area contributed by atoms with E-state index < -0.39 is 11.6 Å². The van der Waals surface area contributed by atoms with Crippen LogP contribution in [0, 0.1) is 5.82 Å². The third-order valence-electron chi connectivity index (χ3n) is 5.14. The number of aromatic nitrogens is 2. The Balaban J connectivity index is 1.54. The molecule has 1 aromatic heterocycles. The minimum absolute atomic E-state index is 0.0429. The fraction of sp³-hybridized carbons (Fsp3) is 0.261. The van der Waals surface area contributed by atoms with Crippen molar-refractivity contribution in [1.82, 2.24) is 15.1 Å². The van der Waals surface area contributed by atoms with E-state index >= 15 is 0 Å². The van der Waals surface area contributed by atoms with E-state index in [1.165, 1.54) is 23.0 Å². The van der Waals surface area contributed by atoms with Gasteiger partial charge in [-0.05, 0) is 49.2 Å². The number of ketones is 1. The average molecular weight is 407 g/mol. The van der Waals surface area contributed by atoms with Gasteiger partial charge in [0.15, 0.2) is 6.61 Å². The Labute approximate surface area is 173 Å². The maximum atomic E-state index is 13.9. The van der Waals surface area contributed by atoms with Gasteiger partial charge in [-0.15, -0.1) is 0 Å². The highest BCUT2D eigenvalue weighted by Gasteiger charge is 2.22. The molecule has 6 nitrogen and oxygen atoms in total. The third-order valence-corrected chi connectivity index (χ3v) is 5.14. The van der Waals surface area contributed by atoms with E-state index in [0.717, 1.165) is 31.7 Å². The molecule has 7 heteroatoms. The van der Waals surface area contributed by atoms with Gasteiger partial charge in [0.05, 0.1) is 17.4 Å². The monoisotopic (exact) mass is 407 g/mol. The van der Waals surface area contributed by atoms with E-state index in [4.69, 9.17) is 4.74 Å². The number of rotatable bonds is 7. The van der Waals surface area contributed by atoms with Gasteiger partial charge < -0.3 is 10.1 Å². The first-order valence-corrected chi connectivity index (χ1v) is 9.97. The summed E-state index contributed by atoms with van der Waals surface area (Å²) in [6, 6.07) is 14.6. The van der Waals surface area contributed by atoms with E-state index in [9.17, 15) is 14.0 Å². The molecule has 3 aromatic rings. The number of amides is 1. The van der Waals surface area contributed by atoms with E-state index in [0.29, 0.717) is 5.69 Å². The van der Waals surface area contributed by atoms with Crippen LogP contribution in [0.1, 0.15) is 41.7 Å². The Bertz CT molecular complexity index is 1040. The summed E-state index contributed by atoms with van der Waals surface area (Å²) >= 11 is 0. The average Bonchev–Trinajstić information content (AvgIpc) is 3.45. The summed E-state index contributed by atoms with van der Waals surface area (Å²) in [6.45, 7) is -0.236. The summed E-state index contributed by atoms with van der Waals surface area (Å²) in [5.41, 5.74) is 1.02. The molecule has 2 aromatic carbocycles. The lowest BCUT2D eigenvalue weighted by atomic mass is 10.1. The third kappa shape index (κ3) is 4.40. The zero-order chi connectivity index (χ0) is 20.9. The second kappa shape index (κ2) is 8.90. The van der Waals surface area contributed by atoms with Crippen LogP contribution >= 0.6 is 0 Å². The Kier molecular flexibility index (Phi) is 5.88. The number of hydrogen-bond donors (Lipinski definition) is 1. The first-order chi connectivity index (χ1) is 14.6. The van der Waals surface area contributed by atoms with Crippen LogP contribution in [-0.2, 0) is 4.79 Å². The molecule has 0 unspecified atom stereocenters. The van der Waals surface area contributed by atoms with Crippen LogP contribution in [0.3, 0.4) is 0 Å². The van der Waals surface area contributed by atoms with Gasteiger partial charge >= 0.3 is 0 Å². The molecule has 1 aliphatic carbocycles. The lowest BCUT2D eigenvalue weighted by Crippen LogP contribution is -2.36. The van der Waals surface area contributed by atoms with Gasteiger partial charge in [0.25, 0.3) is 5.91 Å². The zero-order valence-corrected chi connectivity index (χ0v) is 16.4. The first kappa shape index (κ1) is 19.8. The van der Waals surface area contributed by atoms with Crippen molar-refractivity contribution in [3.63, 3.8) is 0 Å². The summed E-state index contributed by atoms with van der Waals surface area (Å²) in [5.74, 6) is -1.10.